The van der Waals surface area contributed by atoms with E-state index in [2.05, 4.69) is 4.98 Å². The quantitative estimate of drug-likeness (QED) is 0.742. The Kier molecular flexibility index (Phi) is 4.91. The molecule has 1 atom stereocenters. The molecular formula is C16H18N2O3S2. The average molecular weight is 350 g/mol. The second-order valence-electron chi connectivity index (χ2n) is 5.41. The van der Waals surface area contributed by atoms with Crippen LogP contribution in [0.4, 0.5) is 0 Å². The Morgan fingerprint density at radius 1 is 1.43 bits per heavy atom. The molecule has 122 valence electrons. The first-order chi connectivity index (χ1) is 11.1. The van der Waals surface area contributed by atoms with Gasteiger partial charge < -0.3 is 9.84 Å². The molecule has 0 aliphatic rings. The SMILES string of the molecule is Cc1sc2ncn(C[C@@H](O)COCc3cccs3)c(=O)c2c1C. The predicted octanol–water partition coefficient (Wildman–Crippen LogP) is 2.71. The summed E-state index contributed by atoms with van der Waals surface area (Å²) < 4.78 is 6.95. The first-order valence-corrected chi connectivity index (χ1v) is 8.99. The normalized spacial score (nSPS) is 12.8. The molecule has 3 heterocycles. The van der Waals surface area contributed by atoms with E-state index in [1.165, 1.54) is 22.2 Å². The Bertz CT molecular complexity index is 852. The van der Waals surface area contributed by atoms with E-state index in [0.29, 0.717) is 12.0 Å². The highest BCUT2D eigenvalue weighted by atomic mass is 32.1. The van der Waals surface area contributed by atoms with Crippen molar-refractivity contribution in [2.45, 2.75) is 33.1 Å². The molecule has 3 aromatic heterocycles. The molecule has 0 radical (unpaired) electrons. The number of aryl methyl sites for hydroxylation is 2. The van der Waals surface area contributed by atoms with Gasteiger partial charge in [-0.1, -0.05) is 6.07 Å². The number of fused-ring (bicyclic) bond motifs is 1. The van der Waals surface area contributed by atoms with Gasteiger partial charge in [0, 0.05) is 9.75 Å². The molecule has 3 rings (SSSR count). The summed E-state index contributed by atoms with van der Waals surface area (Å²) in [6, 6.07) is 3.95. The minimum absolute atomic E-state index is 0.103. The lowest BCUT2D eigenvalue weighted by atomic mass is 10.2. The number of hydrogen-bond acceptors (Lipinski definition) is 6. The number of thiophene rings is 2. The van der Waals surface area contributed by atoms with Crippen LogP contribution in [0.2, 0.25) is 0 Å². The smallest absolute Gasteiger partial charge is 0.262 e. The van der Waals surface area contributed by atoms with Crippen molar-refractivity contribution >= 4 is 32.9 Å². The summed E-state index contributed by atoms with van der Waals surface area (Å²) in [5, 5.41) is 12.7. The lowest BCUT2D eigenvalue weighted by molar-refractivity contribution is 0.0207. The highest BCUT2D eigenvalue weighted by Crippen LogP contribution is 2.25. The molecule has 0 aliphatic carbocycles. The second-order valence-corrected chi connectivity index (χ2v) is 7.65. The van der Waals surface area contributed by atoms with Crippen LogP contribution in [0.25, 0.3) is 10.2 Å². The molecule has 0 amide bonds. The predicted molar refractivity (Wildman–Crippen MR) is 93.3 cm³/mol. The molecule has 5 nitrogen and oxygen atoms in total. The van der Waals surface area contributed by atoms with Gasteiger partial charge in [-0.2, -0.15) is 0 Å². The van der Waals surface area contributed by atoms with Crippen molar-refractivity contribution in [3.8, 4) is 0 Å². The number of aliphatic hydroxyl groups is 1. The second kappa shape index (κ2) is 6.92. The molecule has 1 N–H and O–H groups in total. The van der Waals surface area contributed by atoms with Gasteiger partial charge in [0.15, 0.2) is 0 Å². The van der Waals surface area contributed by atoms with Crippen molar-refractivity contribution in [3.63, 3.8) is 0 Å². The monoisotopic (exact) mass is 350 g/mol. The number of aromatic nitrogens is 2. The molecule has 0 aliphatic heterocycles. The van der Waals surface area contributed by atoms with Gasteiger partial charge in [0.1, 0.15) is 4.83 Å². The van der Waals surface area contributed by atoms with Gasteiger partial charge in [0.2, 0.25) is 0 Å². The summed E-state index contributed by atoms with van der Waals surface area (Å²) >= 11 is 3.14. The third-order valence-corrected chi connectivity index (χ3v) is 5.66. The first-order valence-electron chi connectivity index (χ1n) is 7.29. The Morgan fingerprint density at radius 2 is 2.26 bits per heavy atom. The number of aliphatic hydroxyl groups excluding tert-OH is 1. The number of ether oxygens (including phenoxy) is 1. The maximum Gasteiger partial charge on any atom is 0.262 e. The van der Waals surface area contributed by atoms with Gasteiger partial charge in [-0.3, -0.25) is 9.36 Å². The summed E-state index contributed by atoms with van der Waals surface area (Å²) in [5.41, 5.74) is 0.870. The Labute approximate surface area is 141 Å². The topological polar surface area (TPSA) is 64.3 Å². The van der Waals surface area contributed by atoms with Crippen LogP contribution in [0.15, 0.2) is 28.6 Å². The highest BCUT2D eigenvalue weighted by molar-refractivity contribution is 7.18. The van der Waals surface area contributed by atoms with Crippen molar-refractivity contribution < 1.29 is 9.84 Å². The van der Waals surface area contributed by atoms with Crippen molar-refractivity contribution in [1.29, 1.82) is 0 Å². The fraction of sp³-hybridized carbons (Fsp3) is 0.375. The summed E-state index contributed by atoms with van der Waals surface area (Å²) in [6.45, 7) is 4.76. The van der Waals surface area contributed by atoms with Crippen LogP contribution < -0.4 is 5.56 Å². The number of hydrogen-bond donors (Lipinski definition) is 1. The summed E-state index contributed by atoms with van der Waals surface area (Å²) in [4.78, 5) is 19.8. The number of nitrogens with zero attached hydrogens (tertiary/aromatic N) is 2. The maximum atomic E-state index is 12.5. The van der Waals surface area contributed by atoms with Crippen molar-refractivity contribution in [2.24, 2.45) is 0 Å². The zero-order valence-electron chi connectivity index (χ0n) is 13.0. The van der Waals surface area contributed by atoms with Gasteiger partial charge in [-0.25, -0.2) is 4.98 Å². The van der Waals surface area contributed by atoms with Crippen LogP contribution in [0.1, 0.15) is 15.3 Å². The van der Waals surface area contributed by atoms with Gasteiger partial charge in [0.05, 0.1) is 37.6 Å². The van der Waals surface area contributed by atoms with Crippen molar-refractivity contribution in [1.82, 2.24) is 9.55 Å². The van der Waals surface area contributed by atoms with Crippen LogP contribution >= 0.6 is 22.7 Å². The molecule has 0 aromatic carbocycles. The molecule has 0 saturated heterocycles. The van der Waals surface area contributed by atoms with Crippen LogP contribution in [0.3, 0.4) is 0 Å². The Balaban J connectivity index is 1.67. The Morgan fingerprint density at radius 3 is 3.00 bits per heavy atom. The third-order valence-electron chi connectivity index (χ3n) is 3.70. The lowest BCUT2D eigenvalue weighted by Crippen LogP contribution is -2.29. The fourth-order valence-electron chi connectivity index (χ4n) is 2.37. The summed E-state index contributed by atoms with van der Waals surface area (Å²) in [7, 11) is 0. The molecule has 0 fully saturated rings. The largest absolute Gasteiger partial charge is 0.389 e. The van der Waals surface area contributed by atoms with Gasteiger partial charge in [0.25, 0.3) is 5.56 Å². The lowest BCUT2D eigenvalue weighted by Gasteiger charge is -2.12. The maximum absolute atomic E-state index is 12.5. The molecule has 0 spiro atoms. The molecule has 23 heavy (non-hydrogen) atoms. The first kappa shape index (κ1) is 16.3. The molecule has 0 unspecified atom stereocenters. The summed E-state index contributed by atoms with van der Waals surface area (Å²) in [6.07, 6.45) is 0.759. The van der Waals surface area contributed by atoms with E-state index in [9.17, 15) is 9.90 Å². The zero-order valence-corrected chi connectivity index (χ0v) is 14.6. The van der Waals surface area contributed by atoms with Crippen molar-refractivity contribution in [2.75, 3.05) is 6.61 Å². The van der Waals surface area contributed by atoms with E-state index < -0.39 is 6.10 Å². The van der Waals surface area contributed by atoms with Crippen molar-refractivity contribution in [3.05, 3.63) is 49.5 Å². The zero-order chi connectivity index (χ0) is 16.4. The van der Waals surface area contributed by atoms with Crippen LogP contribution in [-0.4, -0.2) is 27.4 Å². The van der Waals surface area contributed by atoms with E-state index in [4.69, 9.17) is 4.74 Å². The Hall–Kier alpha value is -1.54. The van der Waals surface area contributed by atoms with E-state index in [1.807, 2.05) is 31.4 Å². The fourth-order valence-corrected chi connectivity index (χ4v) is 4.00. The van der Waals surface area contributed by atoms with Gasteiger partial charge in [-0.05, 0) is 30.9 Å². The summed E-state index contributed by atoms with van der Waals surface area (Å²) in [5.74, 6) is 0. The van der Waals surface area contributed by atoms with E-state index in [0.717, 1.165) is 20.1 Å². The van der Waals surface area contributed by atoms with Gasteiger partial charge in [-0.15, -0.1) is 22.7 Å². The van der Waals surface area contributed by atoms with Gasteiger partial charge >= 0.3 is 0 Å². The van der Waals surface area contributed by atoms with E-state index in [-0.39, 0.29) is 18.7 Å². The average Bonchev–Trinajstić information content (AvgIpc) is 3.12. The van der Waals surface area contributed by atoms with E-state index >= 15 is 0 Å². The molecule has 0 saturated carbocycles. The number of rotatable bonds is 6. The highest BCUT2D eigenvalue weighted by Gasteiger charge is 2.14. The molecular weight excluding hydrogens is 332 g/mol. The minimum atomic E-state index is -0.744. The molecule has 7 heteroatoms. The van der Waals surface area contributed by atoms with E-state index in [1.54, 1.807) is 11.3 Å². The third kappa shape index (κ3) is 3.53. The van der Waals surface area contributed by atoms with Crippen LogP contribution in [-0.2, 0) is 17.9 Å². The van der Waals surface area contributed by atoms with Crippen LogP contribution in [0, 0.1) is 13.8 Å². The molecule has 0 bridgehead atoms. The standard InChI is InChI=1S/C16H18N2O3S2/c1-10-11(2)23-15-14(10)16(20)18(9-17-15)6-12(19)7-21-8-13-4-3-5-22-13/h3-5,9,12,19H,6-8H2,1-2H3/t12-/m1/s1. The molecule has 3 aromatic rings. The minimum Gasteiger partial charge on any atom is -0.389 e. The van der Waals surface area contributed by atoms with Crippen LogP contribution in [0.5, 0.6) is 0 Å².